The van der Waals surface area contributed by atoms with Gasteiger partial charge in [0.05, 0.1) is 23.3 Å². The van der Waals surface area contributed by atoms with Crippen molar-refractivity contribution < 1.29 is 14.3 Å². The zero-order valence-electron chi connectivity index (χ0n) is 18.6. The number of ether oxygens (including phenoxy) is 1. The van der Waals surface area contributed by atoms with E-state index in [0.29, 0.717) is 17.8 Å². The van der Waals surface area contributed by atoms with Crippen LogP contribution in [0.4, 0.5) is 10.5 Å². The van der Waals surface area contributed by atoms with Crippen LogP contribution in [-0.2, 0) is 9.53 Å². The highest BCUT2D eigenvalue weighted by Gasteiger charge is 2.21. The Balaban J connectivity index is 2.33. The number of anilines is 1. The molecule has 0 aliphatic carbocycles. The molecule has 2 amide bonds. The first-order valence-electron chi connectivity index (χ1n) is 10.2. The van der Waals surface area contributed by atoms with Crippen LogP contribution in [0.25, 0.3) is 11.3 Å². The molecular formula is C25H31N3O3. The molecule has 2 N–H and O–H groups in total. The molecule has 0 aliphatic heterocycles. The number of alkyl carbamates (subject to hydrolysis) is 1. The van der Waals surface area contributed by atoms with Gasteiger partial charge in [0, 0.05) is 11.8 Å². The summed E-state index contributed by atoms with van der Waals surface area (Å²) >= 11 is 0. The van der Waals surface area contributed by atoms with E-state index in [0.717, 1.165) is 11.1 Å². The average molecular weight is 422 g/mol. The number of hydrogen-bond acceptors (Lipinski definition) is 4. The predicted octanol–water partition coefficient (Wildman–Crippen LogP) is 5.65. The Bertz CT molecular complexity index is 947. The van der Waals surface area contributed by atoms with E-state index in [1.54, 1.807) is 31.3 Å². The Hall–Kier alpha value is -3.41. The van der Waals surface area contributed by atoms with E-state index in [2.05, 4.69) is 28.8 Å². The van der Waals surface area contributed by atoms with E-state index in [1.165, 1.54) is 0 Å². The third-order valence-corrected chi connectivity index (χ3v) is 4.49. The quantitative estimate of drug-likeness (QED) is 0.540. The Morgan fingerprint density at radius 1 is 1.19 bits per heavy atom. The smallest absolute Gasteiger partial charge is 0.408 e. The molecular weight excluding hydrogens is 390 g/mol. The Morgan fingerprint density at radius 2 is 1.94 bits per heavy atom. The minimum Gasteiger partial charge on any atom is -0.444 e. The van der Waals surface area contributed by atoms with E-state index in [1.807, 2.05) is 51.1 Å². The minimum absolute atomic E-state index is 0.156. The van der Waals surface area contributed by atoms with E-state index in [-0.39, 0.29) is 17.9 Å². The third kappa shape index (κ3) is 7.10. The van der Waals surface area contributed by atoms with Crippen molar-refractivity contribution in [2.45, 2.75) is 45.8 Å². The molecule has 0 fully saturated rings. The number of nitrogens with zero attached hydrogens (tertiary/aromatic N) is 1. The number of hydrogen-bond donors (Lipinski definition) is 2. The number of carbonyl (C=O) groups is 2. The summed E-state index contributed by atoms with van der Waals surface area (Å²) in [6.45, 7) is 14.7. The molecule has 2 aromatic rings. The second-order valence-electron chi connectivity index (χ2n) is 8.26. The molecule has 2 unspecified atom stereocenters. The number of aromatic nitrogens is 1. The summed E-state index contributed by atoms with van der Waals surface area (Å²) in [6, 6.07) is 10.9. The maximum Gasteiger partial charge on any atom is 0.408 e. The van der Waals surface area contributed by atoms with Gasteiger partial charge in [0.25, 0.3) is 0 Å². The van der Waals surface area contributed by atoms with Crippen molar-refractivity contribution in [3.8, 4) is 11.3 Å². The molecule has 0 radical (unpaired) electrons. The van der Waals surface area contributed by atoms with Gasteiger partial charge in [-0.15, -0.1) is 13.2 Å². The van der Waals surface area contributed by atoms with Crippen LogP contribution in [0, 0.1) is 5.92 Å². The molecule has 1 aromatic heterocycles. The highest BCUT2D eigenvalue weighted by molar-refractivity contribution is 5.96. The van der Waals surface area contributed by atoms with Crippen LogP contribution in [0.3, 0.4) is 0 Å². The number of amides is 2. The standard InChI is InChI=1S/C25H31N3O3/c1-7-11-20(28-24(30)31-25(4,5)6)18-12-9-13-19(16-18)22-21(14-10-15-26-22)27-23(29)17(3)8-2/h7-10,12-17,20H,1-2,11H2,3-6H3,(H,27,29)(H,28,30). The summed E-state index contributed by atoms with van der Waals surface area (Å²) in [6.07, 6.45) is 5.06. The van der Waals surface area contributed by atoms with E-state index in [9.17, 15) is 9.59 Å². The average Bonchev–Trinajstić information content (AvgIpc) is 2.72. The molecule has 0 saturated carbocycles. The van der Waals surface area contributed by atoms with Crippen LogP contribution in [0.2, 0.25) is 0 Å². The molecule has 6 nitrogen and oxygen atoms in total. The van der Waals surface area contributed by atoms with Crippen molar-refractivity contribution in [2.75, 3.05) is 5.32 Å². The lowest BCUT2D eigenvalue weighted by Crippen LogP contribution is -2.34. The van der Waals surface area contributed by atoms with Gasteiger partial charge in [0.15, 0.2) is 0 Å². The van der Waals surface area contributed by atoms with Crippen molar-refractivity contribution in [2.24, 2.45) is 5.92 Å². The van der Waals surface area contributed by atoms with Gasteiger partial charge in [-0.1, -0.05) is 37.3 Å². The lowest BCUT2D eigenvalue weighted by molar-refractivity contribution is -0.118. The fraction of sp³-hybridized carbons (Fsp3) is 0.320. The van der Waals surface area contributed by atoms with Crippen molar-refractivity contribution in [3.63, 3.8) is 0 Å². The van der Waals surface area contributed by atoms with Crippen molar-refractivity contribution >= 4 is 17.7 Å². The van der Waals surface area contributed by atoms with E-state index < -0.39 is 11.7 Å². The van der Waals surface area contributed by atoms with Gasteiger partial charge in [0.1, 0.15) is 5.60 Å². The Kier molecular flexibility index (Phi) is 8.14. The van der Waals surface area contributed by atoms with Gasteiger partial charge in [-0.2, -0.15) is 0 Å². The van der Waals surface area contributed by atoms with Crippen molar-refractivity contribution in [1.29, 1.82) is 0 Å². The van der Waals surface area contributed by atoms with Crippen LogP contribution in [0.5, 0.6) is 0 Å². The summed E-state index contributed by atoms with van der Waals surface area (Å²) in [7, 11) is 0. The molecule has 0 bridgehead atoms. The first-order valence-corrected chi connectivity index (χ1v) is 10.2. The first kappa shape index (κ1) is 23.9. The van der Waals surface area contributed by atoms with Gasteiger partial charge in [-0.3, -0.25) is 9.78 Å². The van der Waals surface area contributed by atoms with Crippen molar-refractivity contribution in [1.82, 2.24) is 10.3 Å². The largest absolute Gasteiger partial charge is 0.444 e. The van der Waals surface area contributed by atoms with Crippen LogP contribution in [0.1, 0.15) is 45.7 Å². The Morgan fingerprint density at radius 3 is 2.58 bits per heavy atom. The number of rotatable bonds is 8. The zero-order chi connectivity index (χ0) is 23.0. The highest BCUT2D eigenvalue weighted by atomic mass is 16.6. The molecule has 0 spiro atoms. The molecule has 6 heteroatoms. The maximum atomic E-state index is 12.3. The molecule has 0 saturated heterocycles. The molecule has 0 aliphatic rings. The summed E-state index contributed by atoms with van der Waals surface area (Å²) in [5.41, 5.74) is 2.36. The minimum atomic E-state index is -0.589. The molecule has 31 heavy (non-hydrogen) atoms. The zero-order valence-corrected chi connectivity index (χ0v) is 18.6. The summed E-state index contributed by atoms with van der Waals surface area (Å²) < 4.78 is 5.39. The van der Waals surface area contributed by atoms with Crippen molar-refractivity contribution in [3.05, 3.63) is 73.5 Å². The maximum absolute atomic E-state index is 12.3. The fourth-order valence-corrected chi connectivity index (χ4v) is 2.89. The topological polar surface area (TPSA) is 80.3 Å². The summed E-state index contributed by atoms with van der Waals surface area (Å²) in [4.78, 5) is 29.1. The molecule has 2 atom stereocenters. The summed E-state index contributed by atoms with van der Waals surface area (Å²) in [5.74, 6) is -0.481. The van der Waals surface area contributed by atoms with Gasteiger partial charge in [-0.05, 0) is 51.0 Å². The lowest BCUT2D eigenvalue weighted by atomic mass is 9.99. The predicted molar refractivity (Wildman–Crippen MR) is 125 cm³/mol. The molecule has 1 aromatic carbocycles. The van der Waals surface area contributed by atoms with Crippen LogP contribution in [-0.4, -0.2) is 22.6 Å². The first-order chi connectivity index (χ1) is 14.6. The number of carbonyl (C=O) groups excluding carboxylic acids is 2. The van der Waals surface area contributed by atoms with Crippen LogP contribution >= 0.6 is 0 Å². The lowest BCUT2D eigenvalue weighted by Gasteiger charge is -2.23. The van der Waals surface area contributed by atoms with Gasteiger partial charge >= 0.3 is 6.09 Å². The fourth-order valence-electron chi connectivity index (χ4n) is 2.89. The number of pyridine rings is 1. The van der Waals surface area contributed by atoms with Gasteiger partial charge < -0.3 is 15.4 Å². The Labute approximate surface area is 184 Å². The normalized spacial score (nSPS) is 12.9. The monoisotopic (exact) mass is 421 g/mol. The molecule has 1 heterocycles. The highest BCUT2D eigenvalue weighted by Crippen LogP contribution is 2.29. The number of nitrogens with one attached hydrogen (secondary N) is 2. The number of benzene rings is 1. The third-order valence-electron chi connectivity index (χ3n) is 4.49. The van der Waals surface area contributed by atoms with E-state index >= 15 is 0 Å². The second kappa shape index (κ2) is 10.6. The van der Waals surface area contributed by atoms with Crippen LogP contribution in [0.15, 0.2) is 67.9 Å². The van der Waals surface area contributed by atoms with Gasteiger partial charge in [0.2, 0.25) is 5.91 Å². The SMILES string of the molecule is C=CCC(NC(=O)OC(C)(C)C)c1cccc(-c2ncccc2NC(=O)C(C)C=C)c1. The summed E-state index contributed by atoms with van der Waals surface area (Å²) in [5, 5.41) is 5.82. The second-order valence-corrected chi connectivity index (χ2v) is 8.26. The molecule has 164 valence electrons. The van der Waals surface area contributed by atoms with Gasteiger partial charge in [-0.25, -0.2) is 4.79 Å². The van der Waals surface area contributed by atoms with E-state index in [4.69, 9.17) is 4.74 Å². The van der Waals surface area contributed by atoms with Crippen LogP contribution < -0.4 is 10.6 Å². The molecule has 2 rings (SSSR count).